The van der Waals surface area contributed by atoms with E-state index < -0.39 is 27.5 Å². The number of aromatic nitrogens is 2. The molecule has 0 bridgehead atoms. The Labute approximate surface area is 141 Å². The average molecular weight is 373 g/mol. The molecule has 0 unspecified atom stereocenters. The van der Waals surface area contributed by atoms with Crippen molar-refractivity contribution in [2.75, 3.05) is 12.8 Å². The van der Waals surface area contributed by atoms with Crippen LogP contribution in [0.2, 0.25) is 0 Å². The van der Waals surface area contributed by atoms with Crippen molar-refractivity contribution in [3.8, 4) is 11.3 Å². The third-order valence-electron chi connectivity index (χ3n) is 4.02. The molecule has 0 atom stereocenters. The molecule has 1 N–H and O–H groups in total. The van der Waals surface area contributed by atoms with Crippen molar-refractivity contribution in [2.24, 2.45) is 0 Å². The van der Waals surface area contributed by atoms with Crippen molar-refractivity contribution in [3.05, 3.63) is 51.6 Å². The van der Waals surface area contributed by atoms with Crippen LogP contribution in [0, 0.1) is 0 Å². The number of hydrogen-bond donors (Lipinski definition) is 1. The average Bonchev–Trinajstić information content (AvgIpc) is 2.52. The second kappa shape index (κ2) is 5.95. The van der Waals surface area contributed by atoms with Gasteiger partial charge in [-0.1, -0.05) is 12.1 Å². The second-order valence-corrected chi connectivity index (χ2v) is 7.75. The summed E-state index contributed by atoms with van der Waals surface area (Å²) in [5.41, 5.74) is 0.131. The van der Waals surface area contributed by atoms with Gasteiger partial charge in [-0.3, -0.25) is 0 Å². The van der Waals surface area contributed by atoms with Gasteiger partial charge in [-0.05, 0) is 12.1 Å². The number of alkyl halides is 3. The molecule has 1 aromatic heterocycles. The lowest BCUT2D eigenvalue weighted by atomic mass is 9.99. The van der Waals surface area contributed by atoms with E-state index in [2.05, 4.69) is 9.97 Å². The Morgan fingerprint density at radius 2 is 1.84 bits per heavy atom. The van der Waals surface area contributed by atoms with Crippen LogP contribution in [0.15, 0.2) is 29.1 Å². The first-order chi connectivity index (χ1) is 11.6. The Morgan fingerprint density at radius 3 is 2.40 bits per heavy atom. The van der Waals surface area contributed by atoms with Crippen LogP contribution >= 0.6 is 0 Å². The minimum Gasteiger partial charge on any atom is -0.309 e. The van der Waals surface area contributed by atoms with Crippen LogP contribution in [0.25, 0.3) is 11.3 Å². The van der Waals surface area contributed by atoms with Crippen molar-refractivity contribution in [2.45, 2.75) is 19.1 Å². The highest BCUT2D eigenvalue weighted by Crippen LogP contribution is 2.32. The summed E-state index contributed by atoms with van der Waals surface area (Å²) in [4.78, 5) is 18.2. The number of halogens is 3. The minimum absolute atomic E-state index is 0.00824. The van der Waals surface area contributed by atoms with Crippen LogP contribution in [-0.4, -0.2) is 35.5 Å². The van der Waals surface area contributed by atoms with Gasteiger partial charge < -0.3 is 4.98 Å². The number of fused-ring (bicyclic) bond motifs is 1. The number of sulfonamides is 1. The fourth-order valence-corrected chi connectivity index (χ4v) is 3.55. The van der Waals surface area contributed by atoms with Crippen LogP contribution < -0.4 is 5.69 Å². The Morgan fingerprint density at radius 1 is 1.20 bits per heavy atom. The lowest BCUT2D eigenvalue weighted by Crippen LogP contribution is -2.37. The Bertz CT molecular complexity index is 966. The molecule has 1 aromatic carbocycles. The smallest absolute Gasteiger partial charge is 0.309 e. The van der Waals surface area contributed by atoms with E-state index in [1.807, 2.05) is 0 Å². The van der Waals surface area contributed by atoms with Gasteiger partial charge in [-0.25, -0.2) is 13.2 Å². The molecule has 2 aromatic rings. The van der Waals surface area contributed by atoms with E-state index >= 15 is 0 Å². The molecular formula is C15H14F3N3O3S. The summed E-state index contributed by atoms with van der Waals surface area (Å²) >= 11 is 0. The van der Waals surface area contributed by atoms with Crippen molar-refractivity contribution in [3.63, 3.8) is 0 Å². The zero-order chi connectivity index (χ0) is 18.4. The highest BCUT2D eigenvalue weighted by atomic mass is 32.2. The van der Waals surface area contributed by atoms with Crippen molar-refractivity contribution < 1.29 is 21.6 Å². The molecule has 0 saturated heterocycles. The maximum Gasteiger partial charge on any atom is 0.416 e. The summed E-state index contributed by atoms with van der Waals surface area (Å²) in [5, 5.41) is 0. The van der Waals surface area contributed by atoms with Gasteiger partial charge in [0.05, 0.1) is 17.5 Å². The summed E-state index contributed by atoms with van der Waals surface area (Å²) in [7, 11) is -3.44. The molecule has 0 aliphatic carbocycles. The zero-order valence-electron chi connectivity index (χ0n) is 13.1. The molecule has 1 aliphatic heterocycles. The normalized spacial score (nSPS) is 15.8. The lowest BCUT2D eigenvalue weighted by Gasteiger charge is -2.27. The number of nitrogens with zero attached hydrogens (tertiary/aromatic N) is 2. The van der Waals surface area contributed by atoms with Crippen LogP contribution in [-0.2, 0) is 29.2 Å². The maximum absolute atomic E-state index is 12.7. The number of aromatic amines is 1. The van der Waals surface area contributed by atoms with E-state index in [9.17, 15) is 26.4 Å². The van der Waals surface area contributed by atoms with E-state index in [0.29, 0.717) is 23.2 Å². The minimum atomic E-state index is -4.47. The monoisotopic (exact) mass is 373 g/mol. The predicted octanol–water partition coefficient (Wildman–Crippen LogP) is 1.77. The van der Waals surface area contributed by atoms with E-state index in [1.165, 1.54) is 16.4 Å². The number of H-pyrrole nitrogens is 1. The third kappa shape index (κ3) is 3.59. The molecule has 0 radical (unpaired) electrons. The number of rotatable bonds is 2. The van der Waals surface area contributed by atoms with Gasteiger partial charge in [0, 0.05) is 36.3 Å². The highest BCUT2D eigenvalue weighted by molar-refractivity contribution is 7.88. The van der Waals surface area contributed by atoms with Crippen molar-refractivity contribution in [1.29, 1.82) is 0 Å². The first-order valence-electron chi connectivity index (χ1n) is 7.30. The molecular weight excluding hydrogens is 359 g/mol. The van der Waals surface area contributed by atoms with Crippen LogP contribution in [0.1, 0.15) is 16.8 Å². The van der Waals surface area contributed by atoms with Crippen LogP contribution in [0.4, 0.5) is 13.2 Å². The lowest BCUT2D eigenvalue weighted by molar-refractivity contribution is -0.137. The Balaban J connectivity index is 2.09. The molecule has 0 saturated carbocycles. The van der Waals surface area contributed by atoms with Gasteiger partial charge in [0.15, 0.2) is 0 Å². The quantitative estimate of drug-likeness (QED) is 0.870. The highest BCUT2D eigenvalue weighted by Gasteiger charge is 2.31. The molecule has 10 heteroatoms. The van der Waals surface area contributed by atoms with Gasteiger partial charge in [-0.15, -0.1) is 0 Å². The van der Waals surface area contributed by atoms with Crippen LogP contribution in [0.3, 0.4) is 0 Å². The molecule has 134 valence electrons. The zero-order valence-corrected chi connectivity index (χ0v) is 13.9. The number of nitrogens with one attached hydrogen (secondary N) is 1. The fourth-order valence-electron chi connectivity index (χ4n) is 2.76. The van der Waals surface area contributed by atoms with Crippen molar-refractivity contribution in [1.82, 2.24) is 14.3 Å². The summed E-state index contributed by atoms with van der Waals surface area (Å²) in [6.45, 7) is 0.229. The fraction of sp³-hybridized carbons (Fsp3) is 0.333. The molecule has 0 spiro atoms. The van der Waals surface area contributed by atoms with E-state index in [0.717, 1.165) is 18.4 Å². The Hall–Kier alpha value is -2.20. The Kier molecular flexibility index (Phi) is 4.20. The van der Waals surface area contributed by atoms with Crippen LogP contribution in [0.5, 0.6) is 0 Å². The van der Waals surface area contributed by atoms with Gasteiger partial charge in [0.1, 0.15) is 0 Å². The molecule has 2 heterocycles. The molecule has 6 nitrogen and oxygen atoms in total. The van der Waals surface area contributed by atoms with Gasteiger partial charge in [-0.2, -0.15) is 22.5 Å². The van der Waals surface area contributed by atoms with Crippen molar-refractivity contribution >= 4 is 10.0 Å². The summed E-state index contributed by atoms with van der Waals surface area (Å²) in [5.74, 6) is 0. The summed E-state index contributed by atoms with van der Waals surface area (Å²) in [6.07, 6.45) is -3.09. The molecule has 0 fully saturated rings. The summed E-state index contributed by atoms with van der Waals surface area (Å²) < 4.78 is 62.9. The maximum atomic E-state index is 12.7. The first-order valence-corrected chi connectivity index (χ1v) is 9.15. The number of benzene rings is 1. The van der Waals surface area contributed by atoms with Gasteiger partial charge in [0.25, 0.3) is 0 Å². The third-order valence-corrected chi connectivity index (χ3v) is 5.27. The standard InChI is InChI=1S/C15H14F3N3O3S/c1-25(23,24)21-7-6-12-11(8-21)13(20-14(22)19-12)9-2-4-10(5-3-9)15(16,17)18/h2-5H,6-8H2,1H3,(H,19,20,22). The molecule has 1 aliphatic rings. The van der Waals surface area contributed by atoms with Gasteiger partial charge >= 0.3 is 11.9 Å². The van der Waals surface area contributed by atoms with E-state index in [4.69, 9.17) is 0 Å². The summed E-state index contributed by atoms with van der Waals surface area (Å²) in [6, 6.07) is 4.26. The molecule has 3 rings (SSSR count). The largest absolute Gasteiger partial charge is 0.416 e. The van der Waals surface area contributed by atoms with Gasteiger partial charge in [0.2, 0.25) is 10.0 Å². The van der Waals surface area contributed by atoms with E-state index in [1.54, 1.807) is 0 Å². The first kappa shape index (κ1) is 17.6. The molecule has 0 amide bonds. The second-order valence-electron chi connectivity index (χ2n) is 5.77. The topological polar surface area (TPSA) is 83.1 Å². The van der Waals surface area contributed by atoms with E-state index in [-0.39, 0.29) is 18.8 Å². The molecule has 25 heavy (non-hydrogen) atoms. The predicted molar refractivity (Wildman–Crippen MR) is 84.3 cm³/mol. The number of hydrogen-bond acceptors (Lipinski definition) is 4. The SMILES string of the molecule is CS(=O)(=O)N1CCc2[nH]c(=O)nc(-c3ccc(C(F)(F)F)cc3)c2C1.